The third-order valence-corrected chi connectivity index (χ3v) is 3.52. The van der Waals surface area contributed by atoms with Crippen molar-refractivity contribution in [2.24, 2.45) is 0 Å². The molecule has 0 unspecified atom stereocenters. The van der Waals surface area contributed by atoms with Gasteiger partial charge in [-0.3, -0.25) is 4.79 Å². The summed E-state index contributed by atoms with van der Waals surface area (Å²) < 4.78 is 0. The summed E-state index contributed by atoms with van der Waals surface area (Å²) >= 11 is 5.89. The summed E-state index contributed by atoms with van der Waals surface area (Å²) in [4.78, 5) is 14.6. The summed E-state index contributed by atoms with van der Waals surface area (Å²) in [5, 5.41) is 0. The molecule has 0 heterocycles. The van der Waals surface area contributed by atoms with Gasteiger partial charge in [0, 0.05) is 24.9 Å². The molecule has 0 aliphatic rings. The Morgan fingerprint density at radius 2 is 2.00 bits per heavy atom. The van der Waals surface area contributed by atoms with Gasteiger partial charge in [0.05, 0.1) is 0 Å². The molecule has 0 fully saturated rings. The molecule has 94 valence electrons. The van der Waals surface area contributed by atoms with Crippen LogP contribution in [0.2, 0.25) is 0 Å². The number of thioether (sulfide) groups is 1. The first-order valence-corrected chi connectivity index (χ1v) is 7.35. The Kier molecular flexibility index (Phi) is 6.52. The number of thiol groups is 1. The summed E-state index contributed by atoms with van der Waals surface area (Å²) in [5.41, 5.74) is 1.17. The zero-order valence-corrected chi connectivity index (χ0v) is 12.1. The van der Waals surface area contributed by atoms with Crippen LogP contribution in [-0.4, -0.2) is 29.4 Å². The van der Waals surface area contributed by atoms with E-state index in [1.807, 2.05) is 18.8 Å². The molecule has 1 aromatic rings. The molecule has 0 aliphatic carbocycles. The number of hydrogen-bond acceptors (Lipinski definition) is 3. The summed E-state index contributed by atoms with van der Waals surface area (Å²) in [7, 11) is 1.83. The molecule has 2 nitrogen and oxygen atoms in total. The van der Waals surface area contributed by atoms with Crippen molar-refractivity contribution in [2.45, 2.75) is 24.8 Å². The monoisotopic (exact) mass is 269 g/mol. The highest BCUT2D eigenvalue weighted by Gasteiger charge is 2.07. The minimum absolute atomic E-state index is 0.145. The number of carbonyl (C=O) groups is 1. The van der Waals surface area contributed by atoms with E-state index in [9.17, 15) is 4.79 Å². The average Bonchev–Trinajstić information content (AvgIpc) is 2.32. The fraction of sp³-hybridized carbons (Fsp3) is 0.462. The van der Waals surface area contributed by atoms with Gasteiger partial charge in [-0.1, -0.05) is 19.1 Å². The Balaban J connectivity index is 2.53. The molecule has 0 bridgehead atoms. The largest absolute Gasteiger partial charge is 0.341 e. The number of carbonyl (C=O) groups excluding carboxylic acids is 1. The number of nitrogens with zero attached hydrogens (tertiary/aromatic N) is 1. The highest BCUT2D eigenvalue weighted by Crippen LogP contribution is 2.18. The lowest BCUT2D eigenvalue weighted by atomic mass is 10.2. The first-order valence-electron chi connectivity index (χ1n) is 5.74. The van der Waals surface area contributed by atoms with Crippen molar-refractivity contribution < 1.29 is 4.79 Å². The fourth-order valence-corrected chi connectivity index (χ4v) is 2.36. The van der Waals surface area contributed by atoms with Crippen LogP contribution >= 0.6 is 24.4 Å². The van der Waals surface area contributed by atoms with E-state index in [-0.39, 0.29) is 5.91 Å². The molecule has 0 saturated carbocycles. The zero-order valence-electron chi connectivity index (χ0n) is 10.3. The molecular formula is C13H19NOS2. The van der Waals surface area contributed by atoms with Gasteiger partial charge < -0.3 is 4.90 Å². The number of hydrogen-bond donors (Lipinski definition) is 1. The van der Waals surface area contributed by atoms with Gasteiger partial charge in [-0.15, -0.1) is 11.8 Å². The second-order valence-corrected chi connectivity index (χ2v) is 5.59. The van der Waals surface area contributed by atoms with Crippen LogP contribution in [0.1, 0.15) is 18.9 Å². The van der Waals surface area contributed by atoms with Crippen LogP contribution in [0.5, 0.6) is 0 Å². The molecule has 1 aromatic carbocycles. The molecular weight excluding hydrogens is 250 g/mol. The van der Waals surface area contributed by atoms with Gasteiger partial charge in [-0.25, -0.2) is 0 Å². The van der Waals surface area contributed by atoms with E-state index in [1.54, 1.807) is 4.90 Å². The van der Waals surface area contributed by atoms with Crippen molar-refractivity contribution in [1.82, 2.24) is 4.90 Å². The summed E-state index contributed by atoms with van der Waals surface area (Å²) in [5.74, 6) is 1.83. The molecule has 0 radical (unpaired) electrons. The lowest BCUT2D eigenvalue weighted by Crippen LogP contribution is -2.26. The number of amides is 1. The lowest BCUT2D eigenvalue weighted by Gasteiger charge is -2.16. The Bertz CT molecular complexity index is 351. The zero-order chi connectivity index (χ0) is 12.7. The van der Waals surface area contributed by atoms with Crippen LogP contribution in [0.25, 0.3) is 0 Å². The van der Waals surface area contributed by atoms with Crippen molar-refractivity contribution in [3.63, 3.8) is 0 Å². The van der Waals surface area contributed by atoms with Crippen molar-refractivity contribution in [3.8, 4) is 0 Å². The highest BCUT2D eigenvalue weighted by molar-refractivity contribution is 7.99. The first-order chi connectivity index (χ1) is 8.17. The van der Waals surface area contributed by atoms with Gasteiger partial charge in [0.1, 0.15) is 0 Å². The maximum atomic E-state index is 11.6. The van der Waals surface area contributed by atoms with Gasteiger partial charge in [0.2, 0.25) is 5.91 Å². The van der Waals surface area contributed by atoms with Gasteiger partial charge in [-0.2, -0.15) is 12.6 Å². The minimum Gasteiger partial charge on any atom is -0.341 e. The highest BCUT2D eigenvalue weighted by atomic mass is 32.2. The van der Waals surface area contributed by atoms with E-state index in [1.165, 1.54) is 10.5 Å². The van der Waals surface area contributed by atoms with E-state index >= 15 is 0 Å². The average molecular weight is 269 g/mol. The molecule has 17 heavy (non-hydrogen) atoms. The van der Waals surface area contributed by atoms with E-state index < -0.39 is 0 Å². The van der Waals surface area contributed by atoms with E-state index in [0.29, 0.717) is 18.7 Å². The molecule has 4 heteroatoms. The lowest BCUT2D eigenvalue weighted by molar-refractivity contribution is -0.129. The van der Waals surface area contributed by atoms with Crippen molar-refractivity contribution in [3.05, 3.63) is 29.8 Å². The fourth-order valence-electron chi connectivity index (χ4n) is 1.51. The van der Waals surface area contributed by atoms with E-state index in [0.717, 1.165) is 5.75 Å². The molecule has 1 rings (SSSR count). The topological polar surface area (TPSA) is 20.3 Å². The summed E-state index contributed by atoms with van der Waals surface area (Å²) in [6.07, 6.45) is 0.503. The van der Waals surface area contributed by atoms with Crippen LogP contribution in [-0.2, 0) is 11.3 Å². The standard InChI is InChI=1S/C13H19NOS2/c1-3-17-12-6-4-11(5-7-12)10-14(2)13(15)8-9-16/h4-7,16H,3,8-10H2,1-2H3. The predicted molar refractivity (Wildman–Crippen MR) is 77.8 cm³/mol. The molecule has 0 aliphatic heterocycles. The number of benzene rings is 1. The molecule has 0 N–H and O–H groups in total. The van der Waals surface area contributed by atoms with Crippen LogP contribution in [0.3, 0.4) is 0 Å². The quantitative estimate of drug-likeness (QED) is 0.632. The predicted octanol–water partition coefficient (Wildman–Crippen LogP) is 3.08. The van der Waals surface area contributed by atoms with Crippen molar-refractivity contribution in [2.75, 3.05) is 18.6 Å². The van der Waals surface area contributed by atoms with Crippen LogP contribution in [0.15, 0.2) is 29.2 Å². The van der Waals surface area contributed by atoms with E-state index in [4.69, 9.17) is 0 Å². The third-order valence-electron chi connectivity index (χ3n) is 2.41. The maximum Gasteiger partial charge on any atom is 0.223 e. The van der Waals surface area contributed by atoms with Gasteiger partial charge in [-0.05, 0) is 29.2 Å². The van der Waals surface area contributed by atoms with Crippen molar-refractivity contribution >= 4 is 30.3 Å². The Labute approximate surface area is 113 Å². The SMILES string of the molecule is CCSc1ccc(CN(C)C(=O)CCS)cc1. The maximum absolute atomic E-state index is 11.6. The van der Waals surface area contributed by atoms with Gasteiger partial charge in [0.25, 0.3) is 0 Å². The Morgan fingerprint density at radius 1 is 1.35 bits per heavy atom. The Morgan fingerprint density at radius 3 is 2.53 bits per heavy atom. The van der Waals surface area contributed by atoms with Crippen LogP contribution < -0.4 is 0 Å². The molecule has 0 atom stereocenters. The summed E-state index contributed by atoms with van der Waals surface area (Å²) in [6, 6.07) is 8.39. The van der Waals surface area contributed by atoms with E-state index in [2.05, 4.69) is 43.8 Å². The van der Waals surface area contributed by atoms with Gasteiger partial charge >= 0.3 is 0 Å². The van der Waals surface area contributed by atoms with Crippen LogP contribution in [0, 0.1) is 0 Å². The second-order valence-electron chi connectivity index (χ2n) is 3.80. The van der Waals surface area contributed by atoms with Crippen molar-refractivity contribution in [1.29, 1.82) is 0 Å². The molecule has 0 aromatic heterocycles. The first kappa shape index (κ1) is 14.5. The third kappa shape index (κ3) is 5.04. The molecule has 1 amide bonds. The Hall–Kier alpha value is -0.610. The minimum atomic E-state index is 0.145. The number of rotatable bonds is 6. The molecule has 0 spiro atoms. The van der Waals surface area contributed by atoms with Gasteiger partial charge in [0.15, 0.2) is 0 Å². The van der Waals surface area contributed by atoms with Crippen LogP contribution in [0.4, 0.5) is 0 Å². The summed E-state index contributed by atoms with van der Waals surface area (Å²) in [6.45, 7) is 2.81. The molecule has 0 saturated heterocycles. The smallest absolute Gasteiger partial charge is 0.223 e. The second kappa shape index (κ2) is 7.67. The normalized spacial score (nSPS) is 10.3.